The van der Waals surface area contributed by atoms with Gasteiger partial charge in [-0.3, -0.25) is 4.57 Å². The van der Waals surface area contributed by atoms with Crippen LogP contribution in [-0.4, -0.2) is 50.3 Å². The third-order valence-corrected chi connectivity index (χ3v) is 6.30. The lowest BCUT2D eigenvalue weighted by atomic mass is 10.1. The van der Waals surface area contributed by atoms with E-state index in [9.17, 15) is 9.59 Å². The quantitative estimate of drug-likeness (QED) is 0.278. The van der Waals surface area contributed by atoms with Gasteiger partial charge in [0.25, 0.3) is 0 Å². The van der Waals surface area contributed by atoms with Crippen molar-refractivity contribution in [2.75, 3.05) is 6.61 Å². The van der Waals surface area contributed by atoms with E-state index in [2.05, 4.69) is 15.0 Å². The van der Waals surface area contributed by atoms with Gasteiger partial charge in [-0.05, 0) is 38.1 Å². The molecule has 0 amide bonds. The average molecular weight is 507 g/mol. The predicted molar refractivity (Wildman–Crippen MR) is 131 cm³/mol. The molecule has 0 radical (unpaired) electrons. The summed E-state index contributed by atoms with van der Waals surface area (Å²) in [4.78, 5) is 37.9. The Morgan fingerprint density at radius 1 is 0.972 bits per heavy atom. The Bertz CT molecular complexity index is 1400. The van der Waals surface area contributed by atoms with E-state index < -0.39 is 30.4 Å². The lowest BCUT2D eigenvalue weighted by Gasteiger charge is -2.19. The largest absolute Gasteiger partial charge is 0.459 e. The molecule has 0 N–H and O–H groups in total. The van der Waals surface area contributed by atoms with Crippen LogP contribution in [-0.2, 0) is 14.2 Å². The van der Waals surface area contributed by atoms with Gasteiger partial charge in [0, 0.05) is 6.42 Å². The summed E-state index contributed by atoms with van der Waals surface area (Å²) in [5.74, 6) is -0.980. The van der Waals surface area contributed by atoms with Gasteiger partial charge in [-0.1, -0.05) is 47.0 Å². The standard InChI is InChI=1S/C26H23ClN4O5/c1-15-3-7-17(8-4-15)25(32)34-12-20-19(36-26(33)18-9-5-16(2)6-10-18)11-21(35-20)31-14-30-24-22(31)23(27)28-13-29-24/h3-10,13-14,19-21H,11-12H2,1-2H3/t19?,20-,21-/m1/s1. The molecule has 5 rings (SSSR count). The second-order valence-corrected chi connectivity index (χ2v) is 8.99. The monoisotopic (exact) mass is 506 g/mol. The number of esters is 2. The minimum atomic E-state index is -0.709. The van der Waals surface area contributed by atoms with Crippen molar-refractivity contribution < 1.29 is 23.8 Å². The first-order valence-electron chi connectivity index (χ1n) is 11.4. The molecule has 1 fully saturated rings. The number of imidazole rings is 1. The molecule has 1 saturated heterocycles. The van der Waals surface area contributed by atoms with Gasteiger partial charge in [0.05, 0.1) is 17.5 Å². The molecule has 4 aromatic rings. The smallest absolute Gasteiger partial charge is 0.338 e. The van der Waals surface area contributed by atoms with E-state index in [1.807, 2.05) is 38.1 Å². The number of nitrogens with zero attached hydrogens (tertiary/aromatic N) is 4. The number of fused-ring (bicyclic) bond motifs is 1. The maximum Gasteiger partial charge on any atom is 0.338 e. The fourth-order valence-electron chi connectivity index (χ4n) is 4.03. The van der Waals surface area contributed by atoms with Crippen LogP contribution in [0.4, 0.5) is 0 Å². The molecule has 3 atom stereocenters. The van der Waals surface area contributed by atoms with Gasteiger partial charge in [0.15, 0.2) is 10.8 Å². The topological polar surface area (TPSA) is 105 Å². The van der Waals surface area contributed by atoms with E-state index in [1.54, 1.807) is 35.2 Å². The van der Waals surface area contributed by atoms with Crippen LogP contribution in [0.15, 0.2) is 61.2 Å². The fraction of sp³-hybridized carbons (Fsp3) is 0.269. The zero-order chi connectivity index (χ0) is 25.2. The number of carbonyl (C=O) groups is 2. The van der Waals surface area contributed by atoms with Crippen LogP contribution in [0, 0.1) is 13.8 Å². The molecule has 0 bridgehead atoms. The van der Waals surface area contributed by atoms with Crippen molar-refractivity contribution in [1.82, 2.24) is 19.5 Å². The first kappa shape index (κ1) is 23.9. The molecule has 0 saturated carbocycles. The van der Waals surface area contributed by atoms with Crippen molar-refractivity contribution in [2.24, 2.45) is 0 Å². The van der Waals surface area contributed by atoms with Gasteiger partial charge < -0.3 is 14.2 Å². The van der Waals surface area contributed by atoms with Crippen LogP contribution in [0.3, 0.4) is 0 Å². The van der Waals surface area contributed by atoms with Gasteiger partial charge in [-0.2, -0.15) is 0 Å². The van der Waals surface area contributed by atoms with Gasteiger partial charge in [0.2, 0.25) is 0 Å². The summed E-state index contributed by atoms with van der Waals surface area (Å²) in [7, 11) is 0. The van der Waals surface area contributed by atoms with Crippen molar-refractivity contribution in [3.63, 3.8) is 0 Å². The average Bonchev–Trinajstić information content (AvgIpc) is 3.48. The maximum absolute atomic E-state index is 12.9. The zero-order valence-electron chi connectivity index (χ0n) is 19.6. The minimum Gasteiger partial charge on any atom is -0.459 e. The number of ether oxygens (including phenoxy) is 3. The first-order valence-corrected chi connectivity index (χ1v) is 11.8. The van der Waals surface area contributed by atoms with Crippen LogP contribution >= 0.6 is 11.6 Å². The molecule has 0 aliphatic carbocycles. The molecule has 184 valence electrons. The highest BCUT2D eigenvalue weighted by Crippen LogP contribution is 2.34. The van der Waals surface area contributed by atoms with Crippen molar-refractivity contribution in [3.05, 3.63) is 88.6 Å². The molecular weight excluding hydrogens is 484 g/mol. The molecule has 10 heteroatoms. The molecule has 9 nitrogen and oxygen atoms in total. The summed E-state index contributed by atoms with van der Waals surface area (Å²) in [6.07, 6.45) is 1.19. The van der Waals surface area contributed by atoms with Gasteiger partial charge in [-0.25, -0.2) is 24.5 Å². The second-order valence-electron chi connectivity index (χ2n) is 8.63. The molecule has 1 unspecified atom stereocenters. The van der Waals surface area contributed by atoms with E-state index in [0.29, 0.717) is 28.7 Å². The van der Waals surface area contributed by atoms with Gasteiger partial charge in [0.1, 0.15) is 36.9 Å². The third kappa shape index (κ3) is 4.93. The number of rotatable bonds is 6. The van der Waals surface area contributed by atoms with E-state index in [1.165, 1.54) is 6.33 Å². The molecule has 2 aromatic carbocycles. The molecule has 3 heterocycles. The van der Waals surface area contributed by atoms with Crippen molar-refractivity contribution in [1.29, 1.82) is 0 Å². The van der Waals surface area contributed by atoms with Crippen molar-refractivity contribution in [2.45, 2.75) is 38.7 Å². The number of benzene rings is 2. The SMILES string of the molecule is Cc1ccc(C(=O)OC[C@H]2O[C@@H](n3cnc4ncnc(Cl)c43)CC2OC(=O)c2ccc(C)cc2)cc1. The summed E-state index contributed by atoms with van der Waals surface area (Å²) in [5, 5.41) is 0.226. The summed E-state index contributed by atoms with van der Waals surface area (Å²) >= 11 is 6.29. The highest BCUT2D eigenvalue weighted by molar-refractivity contribution is 6.33. The van der Waals surface area contributed by atoms with E-state index in [-0.39, 0.29) is 11.8 Å². The summed E-state index contributed by atoms with van der Waals surface area (Å²) in [5.41, 5.74) is 3.83. The number of hydrogen-bond acceptors (Lipinski definition) is 8. The third-order valence-electron chi connectivity index (χ3n) is 6.02. The Labute approximate surface area is 212 Å². The summed E-state index contributed by atoms with van der Waals surface area (Å²) in [6, 6.07) is 14.2. The Hall–Kier alpha value is -3.82. The number of aryl methyl sites for hydroxylation is 2. The highest BCUT2D eigenvalue weighted by atomic mass is 35.5. The number of carbonyl (C=O) groups excluding carboxylic acids is 2. The highest BCUT2D eigenvalue weighted by Gasteiger charge is 2.40. The summed E-state index contributed by atoms with van der Waals surface area (Å²) < 4.78 is 19.2. The van der Waals surface area contributed by atoms with E-state index in [4.69, 9.17) is 25.8 Å². The first-order chi connectivity index (χ1) is 17.4. The molecule has 1 aliphatic heterocycles. The Balaban J connectivity index is 1.36. The van der Waals surface area contributed by atoms with Crippen LogP contribution in [0.1, 0.15) is 44.5 Å². The van der Waals surface area contributed by atoms with Crippen LogP contribution < -0.4 is 0 Å². The van der Waals surface area contributed by atoms with Crippen LogP contribution in [0.25, 0.3) is 11.2 Å². The minimum absolute atomic E-state index is 0.105. The zero-order valence-corrected chi connectivity index (χ0v) is 20.4. The lowest BCUT2D eigenvalue weighted by Crippen LogP contribution is -2.32. The maximum atomic E-state index is 12.9. The van der Waals surface area contributed by atoms with E-state index in [0.717, 1.165) is 11.1 Å². The Morgan fingerprint density at radius 3 is 2.28 bits per heavy atom. The normalized spacial score (nSPS) is 19.4. The molecule has 2 aromatic heterocycles. The van der Waals surface area contributed by atoms with Gasteiger partial charge >= 0.3 is 11.9 Å². The fourth-order valence-corrected chi connectivity index (χ4v) is 4.26. The number of halogens is 1. The predicted octanol–water partition coefficient (Wildman–Crippen LogP) is 4.47. The van der Waals surface area contributed by atoms with Crippen LogP contribution in [0.2, 0.25) is 5.15 Å². The van der Waals surface area contributed by atoms with Crippen molar-refractivity contribution >= 4 is 34.7 Å². The van der Waals surface area contributed by atoms with Crippen molar-refractivity contribution in [3.8, 4) is 0 Å². The molecule has 1 aliphatic rings. The molecule has 36 heavy (non-hydrogen) atoms. The number of hydrogen-bond donors (Lipinski definition) is 0. The van der Waals surface area contributed by atoms with Gasteiger partial charge in [-0.15, -0.1) is 0 Å². The Morgan fingerprint density at radius 2 is 1.61 bits per heavy atom. The second kappa shape index (κ2) is 10.0. The van der Waals surface area contributed by atoms with Crippen LogP contribution in [0.5, 0.6) is 0 Å². The van der Waals surface area contributed by atoms with E-state index >= 15 is 0 Å². The number of aromatic nitrogens is 4. The lowest BCUT2D eigenvalue weighted by molar-refractivity contribution is -0.0562. The Kier molecular flexibility index (Phi) is 6.67. The summed E-state index contributed by atoms with van der Waals surface area (Å²) in [6.45, 7) is 3.77. The molecule has 0 spiro atoms. The molecular formula is C26H23ClN4O5.